The van der Waals surface area contributed by atoms with E-state index >= 15 is 0 Å². The predicted octanol–water partition coefficient (Wildman–Crippen LogP) is 0.299. The first kappa shape index (κ1) is 19.1. The Morgan fingerprint density at radius 1 is 1.04 bits per heavy atom. The van der Waals surface area contributed by atoms with Crippen molar-refractivity contribution in [1.82, 2.24) is 5.32 Å². The number of nitrogens with one attached hydrogen (secondary N) is 1. The third-order valence-electron chi connectivity index (χ3n) is 3.17. The molecule has 1 amide bonds. The number of hydrogen-bond acceptors (Lipinski definition) is 6. The Labute approximate surface area is 138 Å². The zero-order chi connectivity index (χ0) is 18.3. The quantitative estimate of drug-likeness (QED) is 0.584. The van der Waals surface area contributed by atoms with Gasteiger partial charge in [0.2, 0.25) is 5.91 Å². The molecule has 1 atom stereocenters. The Bertz CT molecular complexity index is 603. The summed E-state index contributed by atoms with van der Waals surface area (Å²) in [6.45, 7) is 0. The molecule has 1 aromatic rings. The number of rotatable bonds is 9. The zero-order valence-corrected chi connectivity index (χ0v) is 13.5. The van der Waals surface area contributed by atoms with Crippen molar-refractivity contribution in [3.05, 3.63) is 17.7 Å². The summed E-state index contributed by atoms with van der Waals surface area (Å²) in [6.07, 6.45) is -0.975. The SMILES string of the molecule is COc1cc(OC)c(CC(=O)N[C@@H](CC(=O)O)C(=O)O)c(OC)c1. The van der Waals surface area contributed by atoms with Crippen LogP contribution >= 0.6 is 0 Å². The number of aliphatic carboxylic acids is 2. The summed E-state index contributed by atoms with van der Waals surface area (Å²) in [7, 11) is 4.27. The molecule has 1 rings (SSSR count). The van der Waals surface area contributed by atoms with Gasteiger partial charge in [-0.1, -0.05) is 0 Å². The number of carbonyl (C=O) groups is 3. The molecule has 9 heteroatoms. The lowest BCUT2D eigenvalue weighted by Gasteiger charge is -2.16. The summed E-state index contributed by atoms with van der Waals surface area (Å²) < 4.78 is 15.5. The lowest BCUT2D eigenvalue weighted by atomic mass is 10.1. The molecule has 0 aliphatic carbocycles. The van der Waals surface area contributed by atoms with Crippen molar-refractivity contribution in [1.29, 1.82) is 0 Å². The number of ether oxygens (including phenoxy) is 3. The van der Waals surface area contributed by atoms with E-state index in [9.17, 15) is 14.4 Å². The van der Waals surface area contributed by atoms with E-state index in [2.05, 4.69) is 5.32 Å². The second-order valence-electron chi connectivity index (χ2n) is 4.74. The molecule has 0 saturated heterocycles. The fourth-order valence-electron chi connectivity index (χ4n) is 2.03. The highest BCUT2D eigenvalue weighted by Gasteiger charge is 2.24. The summed E-state index contributed by atoms with van der Waals surface area (Å²) in [4.78, 5) is 33.8. The molecule has 0 bridgehead atoms. The number of benzene rings is 1. The van der Waals surface area contributed by atoms with Crippen LogP contribution in [-0.4, -0.2) is 55.4 Å². The average Bonchev–Trinajstić information content (AvgIpc) is 2.53. The van der Waals surface area contributed by atoms with E-state index in [-0.39, 0.29) is 6.42 Å². The van der Waals surface area contributed by atoms with Gasteiger partial charge in [0.05, 0.1) is 34.2 Å². The van der Waals surface area contributed by atoms with Crippen LogP contribution in [0.15, 0.2) is 12.1 Å². The Morgan fingerprint density at radius 3 is 1.96 bits per heavy atom. The summed E-state index contributed by atoms with van der Waals surface area (Å²) in [5.41, 5.74) is 0.387. The smallest absolute Gasteiger partial charge is 0.326 e. The molecule has 0 heterocycles. The van der Waals surface area contributed by atoms with Gasteiger partial charge >= 0.3 is 11.9 Å². The number of carboxylic acid groups (broad SMARTS) is 2. The van der Waals surface area contributed by atoms with Crippen molar-refractivity contribution >= 4 is 17.8 Å². The predicted molar refractivity (Wildman–Crippen MR) is 81.6 cm³/mol. The van der Waals surface area contributed by atoms with Crippen molar-refractivity contribution in [2.24, 2.45) is 0 Å². The van der Waals surface area contributed by atoms with Crippen molar-refractivity contribution in [2.45, 2.75) is 18.9 Å². The summed E-state index contributed by atoms with van der Waals surface area (Å²) in [6, 6.07) is 1.58. The van der Waals surface area contributed by atoms with Gasteiger partial charge in [-0.05, 0) is 0 Å². The van der Waals surface area contributed by atoms with Gasteiger partial charge in [-0.25, -0.2) is 4.79 Å². The van der Waals surface area contributed by atoms with Crippen LogP contribution in [-0.2, 0) is 20.8 Å². The maximum absolute atomic E-state index is 12.1. The number of amides is 1. The Morgan fingerprint density at radius 2 is 1.58 bits per heavy atom. The molecule has 0 spiro atoms. The van der Waals surface area contributed by atoms with Crippen LogP contribution in [0.1, 0.15) is 12.0 Å². The number of carboxylic acids is 2. The van der Waals surface area contributed by atoms with E-state index < -0.39 is 30.3 Å². The van der Waals surface area contributed by atoms with Crippen LogP contribution in [0.2, 0.25) is 0 Å². The van der Waals surface area contributed by atoms with E-state index in [1.807, 2.05) is 0 Å². The topological polar surface area (TPSA) is 131 Å². The lowest BCUT2D eigenvalue weighted by Crippen LogP contribution is -2.42. The molecule has 24 heavy (non-hydrogen) atoms. The average molecular weight is 341 g/mol. The molecule has 132 valence electrons. The van der Waals surface area contributed by atoms with E-state index in [0.717, 1.165) is 0 Å². The summed E-state index contributed by atoms with van der Waals surface area (Å²) in [5, 5.41) is 19.8. The molecule has 0 fully saturated rings. The van der Waals surface area contributed by atoms with Crippen LogP contribution in [0.25, 0.3) is 0 Å². The normalized spacial score (nSPS) is 11.3. The molecule has 0 aromatic heterocycles. The van der Waals surface area contributed by atoms with Gasteiger partial charge in [-0.3, -0.25) is 9.59 Å². The standard InChI is InChI=1S/C15H19NO8/c1-22-8-4-11(23-2)9(12(5-8)24-3)6-13(17)16-10(15(20)21)7-14(18)19/h4-5,10H,6-7H2,1-3H3,(H,16,17)(H,18,19)(H,20,21)/t10-/m0/s1. The van der Waals surface area contributed by atoms with Gasteiger partial charge in [0.15, 0.2) is 0 Å². The molecule has 0 radical (unpaired) electrons. The molecule has 9 nitrogen and oxygen atoms in total. The van der Waals surface area contributed by atoms with E-state index in [4.69, 9.17) is 24.4 Å². The highest BCUT2D eigenvalue weighted by Crippen LogP contribution is 2.34. The van der Waals surface area contributed by atoms with Crippen LogP contribution in [0, 0.1) is 0 Å². The van der Waals surface area contributed by atoms with Gasteiger partial charge in [-0.2, -0.15) is 0 Å². The van der Waals surface area contributed by atoms with E-state index in [0.29, 0.717) is 22.8 Å². The Hall–Kier alpha value is -2.97. The molecule has 0 aliphatic heterocycles. The maximum atomic E-state index is 12.1. The zero-order valence-electron chi connectivity index (χ0n) is 13.5. The van der Waals surface area contributed by atoms with E-state index in [1.165, 1.54) is 21.3 Å². The second kappa shape index (κ2) is 8.61. The minimum absolute atomic E-state index is 0.250. The third-order valence-corrected chi connectivity index (χ3v) is 3.17. The first-order valence-electron chi connectivity index (χ1n) is 6.85. The lowest BCUT2D eigenvalue weighted by molar-refractivity contribution is -0.147. The van der Waals surface area contributed by atoms with Gasteiger partial charge in [-0.15, -0.1) is 0 Å². The molecule has 0 aliphatic rings. The molecule has 0 saturated carbocycles. The van der Waals surface area contributed by atoms with Crippen molar-refractivity contribution in [3.8, 4) is 17.2 Å². The highest BCUT2D eigenvalue weighted by molar-refractivity contribution is 5.88. The van der Waals surface area contributed by atoms with Gasteiger partial charge < -0.3 is 29.7 Å². The second-order valence-corrected chi connectivity index (χ2v) is 4.74. The van der Waals surface area contributed by atoms with Crippen molar-refractivity contribution < 1.29 is 38.8 Å². The largest absolute Gasteiger partial charge is 0.496 e. The molecule has 1 aromatic carbocycles. The molecular weight excluding hydrogens is 322 g/mol. The summed E-state index contributed by atoms with van der Waals surface area (Å²) in [5.74, 6) is -2.33. The minimum Gasteiger partial charge on any atom is -0.496 e. The van der Waals surface area contributed by atoms with Crippen molar-refractivity contribution in [3.63, 3.8) is 0 Å². The summed E-state index contributed by atoms with van der Waals surface area (Å²) >= 11 is 0. The number of hydrogen-bond donors (Lipinski definition) is 3. The third kappa shape index (κ3) is 5.04. The highest BCUT2D eigenvalue weighted by atomic mass is 16.5. The minimum atomic E-state index is -1.52. The van der Waals surface area contributed by atoms with Crippen LogP contribution in [0.3, 0.4) is 0 Å². The monoisotopic (exact) mass is 341 g/mol. The fraction of sp³-hybridized carbons (Fsp3) is 0.400. The molecule has 0 unspecified atom stereocenters. The Balaban J connectivity index is 3.00. The first-order chi connectivity index (χ1) is 11.3. The number of carbonyl (C=O) groups excluding carboxylic acids is 1. The molecular formula is C15H19NO8. The van der Waals surface area contributed by atoms with Gasteiger partial charge in [0.25, 0.3) is 0 Å². The van der Waals surface area contributed by atoms with Crippen LogP contribution in [0.4, 0.5) is 0 Å². The molecule has 3 N–H and O–H groups in total. The van der Waals surface area contributed by atoms with Crippen LogP contribution in [0.5, 0.6) is 17.2 Å². The van der Waals surface area contributed by atoms with Crippen molar-refractivity contribution in [2.75, 3.05) is 21.3 Å². The fourth-order valence-corrected chi connectivity index (χ4v) is 2.03. The van der Waals surface area contributed by atoms with Crippen LogP contribution < -0.4 is 19.5 Å². The number of methoxy groups -OCH3 is 3. The van der Waals surface area contributed by atoms with E-state index in [1.54, 1.807) is 12.1 Å². The van der Waals surface area contributed by atoms with Gasteiger partial charge in [0, 0.05) is 17.7 Å². The first-order valence-corrected chi connectivity index (χ1v) is 6.85. The Kier molecular flexibility index (Phi) is 6.84. The maximum Gasteiger partial charge on any atom is 0.326 e. The van der Waals surface area contributed by atoms with Gasteiger partial charge in [0.1, 0.15) is 23.3 Å².